The molecule has 1 aliphatic rings. The number of fused-ring (bicyclic) bond motifs is 3. The van der Waals surface area contributed by atoms with Crippen molar-refractivity contribution in [2.75, 3.05) is 0 Å². The third kappa shape index (κ3) is 1.89. The first-order valence-corrected chi connectivity index (χ1v) is 6.52. The van der Waals surface area contributed by atoms with Gasteiger partial charge in [-0.3, -0.25) is 4.79 Å². The lowest BCUT2D eigenvalue weighted by atomic mass is 9.84. The van der Waals surface area contributed by atoms with Crippen LogP contribution in [0.25, 0.3) is 10.9 Å². The Labute approximate surface area is 110 Å². The SMILES string of the molecule is O=C(O)CC1CCc2[nH]c3c(Cl)cccc3c2C1. The van der Waals surface area contributed by atoms with Crippen LogP contribution in [0.4, 0.5) is 0 Å². The highest BCUT2D eigenvalue weighted by molar-refractivity contribution is 6.35. The van der Waals surface area contributed by atoms with Gasteiger partial charge in [0.2, 0.25) is 0 Å². The van der Waals surface area contributed by atoms with Crippen LogP contribution in [0, 0.1) is 5.92 Å². The first-order chi connectivity index (χ1) is 8.65. The van der Waals surface area contributed by atoms with Crippen LogP contribution in [0.1, 0.15) is 24.1 Å². The number of carbonyl (C=O) groups is 1. The van der Waals surface area contributed by atoms with Gasteiger partial charge in [0.1, 0.15) is 0 Å². The van der Waals surface area contributed by atoms with Crippen LogP contribution in [0.5, 0.6) is 0 Å². The highest BCUT2D eigenvalue weighted by Gasteiger charge is 2.24. The molecule has 0 amide bonds. The van der Waals surface area contributed by atoms with Gasteiger partial charge in [0.05, 0.1) is 10.5 Å². The minimum Gasteiger partial charge on any atom is -0.481 e. The molecule has 1 atom stereocenters. The molecule has 0 fully saturated rings. The molecule has 0 radical (unpaired) electrons. The van der Waals surface area contributed by atoms with Crippen LogP contribution in [0.2, 0.25) is 5.02 Å². The molecule has 0 saturated heterocycles. The number of aromatic amines is 1. The predicted molar refractivity (Wildman–Crippen MR) is 71.1 cm³/mol. The normalized spacial score (nSPS) is 18.8. The minimum atomic E-state index is -0.707. The molecule has 18 heavy (non-hydrogen) atoms. The molecule has 0 spiro atoms. The molecule has 1 unspecified atom stereocenters. The lowest BCUT2D eigenvalue weighted by Gasteiger charge is -2.20. The van der Waals surface area contributed by atoms with Crippen LogP contribution >= 0.6 is 11.6 Å². The zero-order chi connectivity index (χ0) is 12.7. The quantitative estimate of drug-likeness (QED) is 0.872. The van der Waals surface area contributed by atoms with Crippen molar-refractivity contribution in [2.45, 2.75) is 25.7 Å². The number of aromatic nitrogens is 1. The lowest BCUT2D eigenvalue weighted by molar-refractivity contribution is -0.138. The Morgan fingerprint density at radius 1 is 1.50 bits per heavy atom. The Kier molecular flexibility index (Phi) is 2.78. The van der Waals surface area contributed by atoms with Gasteiger partial charge in [-0.05, 0) is 36.8 Å². The predicted octanol–water partition coefficient (Wildman–Crippen LogP) is 3.40. The van der Waals surface area contributed by atoms with E-state index in [0.29, 0.717) is 0 Å². The van der Waals surface area contributed by atoms with E-state index in [4.69, 9.17) is 16.7 Å². The van der Waals surface area contributed by atoms with Crippen molar-refractivity contribution >= 4 is 28.5 Å². The first kappa shape index (κ1) is 11.6. The number of carboxylic acid groups (broad SMARTS) is 1. The Morgan fingerprint density at radius 2 is 2.33 bits per heavy atom. The molecular weight excluding hydrogens is 250 g/mol. The van der Waals surface area contributed by atoms with Gasteiger partial charge in [0.15, 0.2) is 0 Å². The van der Waals surface area contributed by atoms with E-state index in [1.807, 2.05) is 12.1 Å². The monoisotopic (exact) mass is 263 g/mol. The van der Waals surface area contributed by atoms with E-state index in [1.165, 1.54) is 11.3 Å². The average molecular weight is 264 g/mol. The van der Waals surface area contributed by atoms with Crippen LogP contribution in [-0.2, 0) is 17.6 Å². The maximum Gasteiger partial charge on any atom is 0.303 e. The molecular formula is C14H14ClNO2. The summed E-state index contributed by atoms with van der Waals surface area (Å²) in [4.78, 5) is 14.2. The molecule has 3 nitrogen and oxygen atoms in total. The molecule has 4 heteroatoms. The number of hydrogen-bond donors (Lipinski definition) is 2. The molecule has 1 aromatic carbocycles. The second-order valence-electron chi connectivity index (χ2n) is 4.95. The number of rotatable bonds is 2. The van der Waals surface area contributed by atoms with Crippen LogP contribution in [0.15, 0.2) is 18.2 Å². The van der Waals surface area contributed by atoms with Crippen molar-refractivity contribution in [1.82, 2.24) is 4.98 Å². The summed E-state index contributed by atoms with van der Waals surface area (Å²) < 4.78 is 0. The van der Waals surface area contributed by atoms with Crippen LogP contribution < -0.4 is 0 Å². The number of para-hydroxylation sites is 1. The summed E-state index contributed by atoms with van der Waals surface area (Å²) in [5, 5.41) is 10.8. The van der Waals surface area contributed by atoms with Gasteiger partial charge < -0.3 is 10.1 Å². The molecule has 1 aromatic heterocycles. The number of H-pyrrole nitrogens is 1. The largest absolute Gasteiger partial charge is 0.481 e. The zero-order valence-electron chi connectivity index (χ0n) is 9.87. The van der Waals surface area contributed by atoms with Gasteiger partial charge in [0.25, 0.3) is 0 Å². The summed E-state index contributed by atoms with van der Waals surface area (Å²) >= 11 is 6.17. The van der Waals surface area contributed by atoms with Crippen molar-refractivity contribution in [3.8, 4) is 0 Å². The Balaban J connectivity index is 2.02. The second kappa shape index (κ2) is 4.32. The summed E-state index contributed by atoms with van der Waals surface area (Å²) in [6, 6.07) is 5.87. The van der Waals surface area contributed by atoms with Gasteiger partial charge in [-0.2, -0.15) is 0 Å². The zero-order valence-corrected chi connectivity index (χ0v) is 10.6. The highest BCUT2D eigenvalue weighted by atomic mass is 35.5. The minimum absolute atomic E-state index is 0.244. The molecule has 2 N–H and O–H groups in total. The van der Waals surface area contributed by atoms with E-state index in [-0.39, 0.29) is 12.3 Å². The molecule has 2 aromatic rings. The van der Waals surface area contributed by atoms with Crippen molar-refractivity contribution in [2.24, 2.45) is 5.92 Å². The molecule has 1 aliphatic carbocycles. The fourth-order valence-corrected chi connectivity index (χ4v) is 3.12. The summed E-state index contributed by atoms with van der Waals surface area (Å²) in [7, 11) is 0. The van der Waals surface area contributed by atoms with Crippen LogP contribution in [-0.4, -0.2) is 16.1 Å². The average Bonchev–Trinajstić information content (AvgIpc) is 2.68. The van der Waals surface area contributed by atoms with E-state index >= 15 is 0 Å². The number of aliphatic carboxylic acids is 1. The van der Waals surface area contributed by atoms with Crippen molar-refractivity contribution in [3.05, 3.63) is 34.5 Å². The molecule has 0 bridgehead atoms. The van der Waals surface area contributed by atoms with Crippen molar-refractivity contribution < 1.29 is 9.90 Å². The van der Waals surface area contributed by atoms with Gasteiger partial charge in [-0.25, -0.2) is 0 Å². The van der Waals surface area contributed by atoms with E-state index < -0.39 is 5.97 Å². The van der Waals surface area contributed by atoms with E-state index in [9.17, 15) is 4.79 Å². The molecule has 1 heterocycles. The third-order valence-electron chi connectivity index (χ3n) is 3.74. The summed E-state index contributed by atoms with van der Waals surface area (Å²) in [5.41, 5.74) is 3.46. The highest BCUT2D eigenvalue weighted by Crippen LogP contribution is 2.35. The fraction of sp³-hybridized carbons (Fsp3) is 0.357. The van der Waals surface area contributed by atoms with Crippen molar-refractivity contribution in [1.29, 1.82) is 0 Å². The number of halogens is 1. The summed E-state index contributed by atoms with van der Waals surface area (Å²) in [6.45, 7) is 0. The van der Waals surface area contributed by atoms with Gasteiger partial charge >= 0.3 is 5.97 Å². The second-order valence-corrected chi connectivity index (χ2v) is 5.36. The number of nitrogens with one attached hydrogen (secondary N) is 1. The summed E-state index contributed by atoms with van der Waals surface area (Å²) in [6.07, 6.45) is 2.94. The van der Waals surface area contributed by atoms with E-state index in [2.05, 4.69) is 11.1 Å². The van der Waals surface area contributed by atoms with E-state index in [0.717, 1.165) is 35.2 Å². The number of carboxylic acids is 1. The standard InChI is InChI=1S/C14H14ClNO2/c15-11-3-1-2-9-10-6-8(7-13(17)18)4-5-12(10)16-14(9)11/h1-3,8,16H,4-7H2,(H,17,18). The first-order valence-electron chi connectivity index (χ1n) is 6.15. The van der Waals surface area contributed by atoms with Gasteiger partial charge in [-0.1, -0.05) is 23.7 Å². The molecule has 3 rings (SSSR count). The topological polar surface area (TPSA) is 53.1 Å². The van der Waals surface area contributed by atoms with Gasteiger partial charge in [-0.15, -0.1) is 0 Å². The smallest absolute Gasteiger partial charge is 0.303 e. The van der Waals surface area contributed by atoms with Gasteiger partial charge in [0, 0.05) is 17.5 Å². The van der Waals surface area contributed by atoms with Crippen LogP contribution in [0.3, 0.4) is 0 Å². The third-order valence-corrected chi connectivity index (χ3v) is 4.05. The summed E-state index contributed by atoms with van der Waals surface area (Å²) in [5.74, 6) is -0.464. The Hall–Kier alpha value is -1.48. The number of benzene rings is 1. The maximum atomic E-state index is 10.8. The molecule has 94 valence electrons. The number of aryl methyl sites for hydroxylation is 1. The maximum absolute atomic E-state index is 10.8. The lowest BCUT2D eigenvalue weighted by Crippen LogP contribution is -2.16. The molecule has 0 aliphatic heterocycles. The van der Waals surface area contributed by atoms with Crippen molar-refractivity contribution in [3.63, 3.8) is 0 Å². The van der Waals surface area contributed by atoms with E-state index in [1.54, 1.807) is 0 Å². The Morgan fingerprint density at radius 3 is 3.11 bits per heavy atom. The fourth-order valence-electron chi connectivity index (χ4n) is 2.90. The number of hydrogen-bond acceptors (Lipinski definition) is 1. The Bertz CT molecular complexity index is 618. The molecule has 0 saturated carbocycles.